The largest absolute Gasteiger partial charge is 0.493 e. The molecule has 34 heavy (non-hydrogen) atoms. The van der Waals surface area contributed by atoms with Crippen LogP contribution in [-0.2, 0) is 6.61 Å². The van der Waals surface area contributed by atoms with Crippen LogP contribution in [-0.4, -0.2) is 36.9 Å². The zero-order chi connectivity index (χ0) is 24.5. The summed E-state index contributed by atoms with van der Waals surface area (Å²) in [5.41, 5.74) is 4.51. The summed E-state index contributed by atoms with van der Waals surface area (Å²) in [6.07, 6.45) is 1.46. The lowest BCUT2D eigenvalue weighted by atomic mass is 10.1. The van der Waals surface area contributed by atoms with Crippen LogP contribution in [0.15, 0.2) is 65.8 Å². The van der Waals surface area contributed by atoms with E-state index in [9.17, 15) is 9.59 Å². The molecular weight excluding hydrogens is 460 g/mol. The van der Waals surface area contributed by atoms with Gasteiger partial charge in [0, 0.05) is 5.56 Å². The molecule has 0 heterocycles. The number of carboxylic acid groups (broad SMARTS) is 1. The SMILES string of the molecule is CCOc1ccc(C(=O)N/N=C/c2ccc(OCc3ccc(C(=O)O)cc3)c(Cl)c2)cc1OC. The fourth-order valence-corrected chi connectivity index (χ4v) is 3.18. The predicted octanol–water partition coefficient (Wildman–Crippen LogP) is 4.79. The van der Waals surface area contributed by atoms with Crippen molar-refractivity contribution in [1.82, 2.24) is 5.43 Å². The van der Waals surface area contributed by atoms with Crippen molar-refractivity contribution in [3.05, 3.63) is 87.9 Å². The number of carbonyl (C=O) groups excluding carboxylic acids is 1. The molecule has 0 saturated carbocycles. The molecular formula is C25H23ClN2O6. The third-order valence-corrected chi connectivity index (χ3v) is 4.95. The molecule has 0 aliphatic carbocycles. The average Bonchev–Trinajstić information content (AvgIpc) is 2.84. The number of nitrogens with zero attached hydrogens (tertiary/aromatic N) is 1. The molecule has 8 nitrogen and oxygen atoms in total. The minimum atomic E-state index is -0.983. The Balaban J connectivity index is 1.57. The highest BCUT2D eigenvalue weighted by atomic mass is 35.5. The molecule has 0 bridgehead atoms. The fraction of sp³-hybridized carbons (Fsp3) is 0.160. The van der Waals surface area contributed by atoms with Gasteiger partial charge in [0.25, 0.3) is 5.91 Å². The van der Waals surface area contributed by atoms with E-state index in [0.29, 0.717) is 40.0 Å². The van der Waals surface area contributed by atoms with Crippen LogP contribution >= 0.6 is 11.6 Å². The third kappa shape index (κ3) is 6.49. The van der Waals surface area contributed by atoms with Gasteiger partial charge >= 0.3 is 5.97 Å². The van der Waals surface area contributed by atoms with Gasteiger partial charge < -0.3 is 19.3 Å². The van der Waals surface area contributed by atoms with Gasteiger partial charge in [-0.2, -0.15) is 5.10 Å². The molecule has 0 saturated heterocycles. The number of amides is 1. The van der Waals surface area contributed by atoms with Crippen molar-refractivity contribution < 1.29 is 28.9 Å². The Kier molecular flexibility index (Phi) is 8.48. The number of rotatable bonds is 10. The zero-order valence-electron chi connectivity index (χ0n) is 18.6. The van der Waals surface area contributed by atoms with E-state index in [-0.39, 0.29) is 12.2 Å². The fourth-order valence-electron chi connectivity index (χ4n) is 2.93. The number of carboxylic acids is 1. The normalized spacial score (nSPS) is 10.7. The molecule has 0 spiro atoms. The minimum absolute atomic E-state index is 0.208. The summed E-state index contributed by atoms with van der Waals surface area (Å²) in [6.45, 7) is 2.58. The molecule has 3 rings (SSSR count). The molecule has 2 N–H and O–H groups in total. The number of carbonyl (C=O) groups is 2. The third-order valence-electron chi connectivity index (χ3n) is 4.66. The standard InChI is InChI=1S/C25H23ClN2O6/c1-3-33-22-11-9-19(13-23(22)32-2)24(29)28-27-14-17-6-10-21(20(26)12-17)34-15-16-4-7-18(8-5-16)25(30)31/h4-14H,3,15H2,1-2H3,(H,28,29)(H,30,31)/b27-14+. The Labute approximate surface area is 201 Å². The monoisotopic (exact) mass is 482 g/mol. The first kappa shape index (κ1) is 24.6. The van der Waals surface area contributed by atoms with Gasteiger partial charge in [0.05, 0.1) is 30.5 Å². The van der Waals surface area contributed by atoms with Gasteiger partial charge in [0.1, 0.15) is 12.4 Å². The first-order chi connectivity index (χ1) is 16.4. The first-order valence-electron chi connectivity index (χ1n) is 10.3. The summed E-state index contributed by atoms with van der Waals surface area (Å²) in [5, 5.41) is 13.3. The first-order valence-corrected chi connectivity index (χ1v) is 10.7. The van der Waals surface area contributed by atoms with E-state index >= 15 is 0 Å². The van der Waals surface area contributed by atoms with Gasteiger partial charge in [-0.05, 0) is 66.6 Å². The lowest BCUT2D eigenvalue weighted by Crippen LogP contribution is -2.17. The molecule has 176 valence electrons. The Morgan fingerprint density at radius 2 is 1.68 bits per heavy atom. The van der Waals surface area contributed by atoms with E-state index in [4.69, 9.17) is 30.9 Å². The highest BCUT2D eigenvalue weighted by Crippen LogP contribution is 2.28. The van der Waals surface area contributed by atoms with Crippen LogP contribution in [0.25, 0.3) is 0 Å². The molecule has 3 aromatic rings. The molecule has 0 radical (unpaired) electrons. The van der Waals surface area contributed by atoms with Gasteiger partial charge in [-0.3, -0.25) is 4.79 Å². The number of ether oxygens (including phenoxy) is 3. The van der Waals surface area contributed by atoms with Crippen LogP contribution in [0.5, 0.6) is 17.2 Å². The van der Waals surface area contributed by atoms with Gasteiger partial charge in [-0.1, -0.05) is 23.7 Å². The van der Waals surface area contributed by atoms with Crippen molar-refractivity contribution in [1.29, 1.82) is 0 Å². The van der Waals surface area contributed by atoms with E-state index in [2.05, 4.69) is 10.5 Å². The van der Waals surface area contributed by atoms with Crippen LogP contribution in [0.4, 0.5) is 0 Å². The van der Waals surface area contributed by atoms with E-state index in [1.165, 1.54) is 25.5 Å². The number of halogens is 1. The maximum atomic E-state index is 12.4. The predicted molar refractivity (Wildman–Crippen MR) is 128 cm³/mol. The Morgan fingerprint density at radius 3 is 2.32 bits per heavy atom. The number of benzene rings is 3. The van der Waals surface area contributed by atoms with Crippen molar-refractivity contribution in [2.24, 2.45) is 5.10 Å². The summed E-state index contributed by atoms with van der Waals surface area (Å²) < 4.78 is 16.4. The number of nitrogens with one attached hydrogen (secondary N) is 1. The number of methoxy groups -OCH3 is 1. The number of hydrogen-bond donors (Lipinski definition) is 2. The smallest absolute Gasteiger partial charge is 0.335 e. The summed E-state index contributed by atoms with van der Waals surface area (Å²) in [7, 11) is 1.50. The molecule has 0 atom stereocenters. The quantitative estimate of drug-likeness (QED) is 0.318. The van der Waals surface area contributed by atoms with E-state index < -0.39 is 11.9 Å². The van der Waals surface area contributed by atoms with Gasteiger partial charge in [0.2, 0.25) is 0 Å². The molecule has 0 aromatic heterocycles. The second kappa shape index (κ2) is 11.7. The van der Waals surface area contributed by atoms with Crippen molar-refractivity contribution in [3.8, 4) is 17.2 Å². The van der Waals surface area contributed by atoms with Crippen molar-refractivity contribution in [2.75, 3.05) is 13.7 Å². The van der Waals surface area contributed by atoms with Gasteiger partial charge in [0.15, 0.2) is 11.5 Å². The Morgan fingerprint density at radius 1 is 0.971 bits per heavy atom. The van der Waals surface area contributed by atoms with Crippen molar-refractivity contribution >= 4 is 29.7 Å². The van der Waals surface area contributed by atoms with Crippen molar-refractivity contribution in [2.45, 2.75) is 13.5 Å². The van der Waals surface area contributed by atoms with E-state index in [1.54, 1.807) is 48.5 Å². The van der Waals surface area contributed by atoms with E-state index in [1.807, 2.05) is 6.92 Å². The molecule has 0 aliphatic rings. The lowest BCUT2D eigenvalue weighted by molar-refractivity contribution is 0.0696. The van der Waals surface area contributed by atoms with Crippen LogP contribution in [0.2, 0.25) is 5.02 Å². The summed E-state index contributed by atoms with van der Waals surface area (Å²) >= 11 is 6.30. The van der Waals surface area contributed by atoms with Gasteiger partial charge in [-0.25, -0.2) is 10.2 Å². The topological polar surface area (TPSA) is 106 Å². The summed E-state index contributed by atoms with van der Waals surface area (Å²) in [4.78, 5) is 23.3. The molecule has 3 aromatic carbocycles. The maximum absolute atomic E-state index is 12.4. The molecule has 0 aliphatic heterocycles. The highest BCUT2D eigenvalue weighted by Gasteiger charge is 2.11. The summed E-state index contributed by atoms with van der Waals surface area (Å²) in [5.74, 6) is 0.0883. The second-order valence-corrected chi connectivity index (χ2v) is 7.39. The van der Waals surface area contributed by atoms with Gasteiger partial charge in [-0.15, -0.1) is 0 Å². The molecule has 9 heteroatoms. The average molecular weight is 483 g/mol. The van der Waals surface area contributed by atoms with E-state index in [0.717, 1.165) is 5.56 Å². The maximum Gasteiger partial charge on any atom is 0.335 e. The number of hydrazone groups is 1. The second-order valence-electron chi connectivity index (χ2n) is 6.98. The molecule has 0 fully saturated rings. The number of aromatic carboxylic acids is 1. The van der Waals surface area contributed by atoms with Crippen LogP contribution in [0.3, 0.4) is 0 Å². The Hall–Kier alpha value is -4.04. The zero-order valence-corrected chi connectivity index (χ0v) is 19.3. The van der Waals surface area contributed by atoms with Crippen LogP contribution in [0, 0.1) is 0 Å². The highest BCUT2D eigenvalue weighted by molar-refractivity contribution is 6.32. The van der Waals surface area contributed by atoms with Crippen LogP contribution in [0.1, 0.15) is 38.8 Å². The number of hydrogen-bond acceptors (Lipinski definition) is 6. The minimum Gasteiger partial charge on any atom is -0.493 e. The molecule has 0 unspecified atom stereocenters. The van der Waals surface area contributed by atoms with Crippen molar-refractivity contribution in [3.63, 3.8) is 0 Å². The van der Waals surface area contributed by atoms with Crippen LogP contribution < -0.4 is 19.6 Å². The lowest BCUT2D eigenvalue weighted by Gasteiger charge is -2.10. The Bertz CT molecular complexity index is 1190. The molecule has 1 amide bonds. The summed E-state index contributed by atoms with van der Waals surface area (Å²) in [6, 6.07) is 16.3.